The molecule has 4 heteroatoms. The van der Waals surface area contributed by atoms with Crippen molar-refractivity contribution in [1.29, 1.82) is 0 Å². The second-order valence-electron chi connectivity index (χ2n) is 3.71. The Kier molecular flexibility index (Phi) is 4.12. The molecular weight excluding hydrogens is 232 g/mol. The Balaban J connectivity index is 2.18. The van der Waals surface area contributed by atoms with Crippen LogP contribution in [0.2, 0.25) is 0 Å². The van der Waals surface area contributed by atoms with Gasteiger partial charge in [-0.2, -0.15) is 0 Å². The highest BCUT2D eigenvalue weighted by molar-refractivity contribution is 7.09. The molecule has 2 rings (SSSR count). The first-order valence-electron chi connectivity index (χ1n) is 5.57. The Morgan fingerprint density at radius 2 is 2.29 bits per heavy atom. The number of hydrogen-bond acceptors (Lipinski definition) is 4. The molecule has 2 aromatic rings. The molecule has 0 aliphatic heterocycles. The predicted molar refractivity (Wildman–Crippen MR) is 71.7 cm³/mol. The maximum atomic E-state index is 5.21. The van der Waals surface area contributed by atoms with Gasteiger partial charge in [0.05, 0.1) is 17.8 Å². The van der Waals surface area contributed by atoms with Crippen LogP contribution in [0.1, 0.15) is 5.01 Å². The van der Waals surface area contributed by atoms with Crippen molar-refractivity contribution in [3.63, 3.8) is 0 Å². The fourth-order valence-electron chi connectivity index (χ4n) is 1.57. The lowest BCUT2D eigenvalue weighted by Crippen LogP contribution is -2.09. The fraction of sp³-hybridized carbons (Fsp3) is 0.308. The monoisotopic (exact) mass is 248 g/mol. The van der Waals surface area contributed by atoms with Gasteiger partial charge in [0.25, 0.3) is 0 Å². The van der Waals surface area contributed by atoms with Crippen LogP contribution in [0, 0.1) is 0 Å². The topological polar surface area (TPSA) is 34.2 Å². The number of thiazole rings is 1. The standard InChI is InChI=1S/C13H16N2OS/c1-14-7-6-13-15-12(9-17-13)10-4-3-5-11(8-10)16-2/h3-5,8-9,14H,6-7H2,1-2H3. The van der Waals surface area contributed by atoms with E-state index in [9.17, 15) is 0 Å². The van der Waals surface area contributed by atoms with Crippen LogP contribution in [0.15, 0.2) is 29.6 Å². The van der Waals surface area contributed by atoms with Gasteiger partial charge in [0.2, 0.25) is 0 Å². The van der Waals surface area contributed by atoms with E-state index in [1.165, 1.54) is 0 Å². The quantitative estimate of drug-likeness (QED) is 0.883. The first kappa shape index (κ1) is 12.1. The minimum Gasteiger partial charge on any atom is -0.497 e. The van der Waals surface area contributed by atoms with E-state index in [1.54, 1.807) is 18.4 Å². The average Bonchev–Trinajstić information content (AvgIpc) is 2.85. The van der Waals surface area contributed by atoms with Gasteiger partial charge in [-0.3, -0.25) is 0 Å². The molecule has 0 radical (unpaired) electrons. The zero-order chi connectivity index (χ0) is 12.1. The van der Waals surface area contributed by atoms with E-state index in [2.05, 4.69) is 21.7 Å². The van der Waals surface area contributed by atoms with Gasteiger partial charge in [0.15, 0.2) is 0 Å². The molecule has 1 aromatic heterocycles. The predicted octanol–water partition coefficient (Wildman–Crippen LogP) is 2.58. The van der Waals surface area contributed by atoms with Gasteiger partial charge < -0.3 is 10.1 Å². The lowest BCUT2D eigenvalue weighted by Gasteiger charge is -2.01. The lowest BCUT2D eigenvalue weighted by molar-refractivity contribution is 0.415. The van der Waals surface area contributed by atoms with Crippen molar-refractivity contribution in [3.05, 3.63) is 34.7 Å². The van der Waals surface area contributed by atoms with Gasteiger partial charge in [-0.1, -0.05) is 12.1 Å². The highest BCUT2D eigenvalue weighted by Gasteiger charge is 2.05. The first-order chi connectivity index (χ1) is 8.33. The third kappa shape index (κ3) is 3.05. The van der Waals surface area contributed by atoms with Crippen molar-refractivity contribution in [1.82, 2.24) is 10.3 Å². The summed E-state index contributed by atoms with van der Waals surface area (Å²) in [5.41, 5.74) is 2.14. The number of nitrogens with zero attached hydrogens (tertiary/aromatic N) is 1. The molecule has 0 unspecified atom stereocenters. The minimum atomic E-state index is 0.868. The minimum absolute atomic E-state index is 0.868. The molecule has 0 atom stereocenters. The summed E-state index contributed by atoms with van der Waals surface area (Å²) in [4.78, 5) is 4.62. The molecule has 17 heavy (non-hydrogen) atoms. The summed E-state index contributed by atoms with van der Waals surface area (Å²) in [5.74, 6) is 0.868. The summed E-state index contributed by atoms with van der Waals surface area (Å²) >= 11 is 1.71. The van der Waals surface area contributed by atoms with Crippen molar-refractivity contribution >= 4 is 11.3 Å². The summed E-state index contributed by atoms with van der Waals surface area (Å²) in [6, 6.07) is 7.99. The molecule has 1 N–H and O–H groups in total. The third-order valence-electron chi connectivity index (χ3n) is 2.51. The second kappa shape index (κ2) is 5.80. The Morgan fingerprint density at radius 3 is 3.06 bits per heavy atom. The van der Waals surface area contributed by atoms with Crippen molar-refractivity contribution in [3.8, 4) is 17.0 Å². The van der Waals surface area contributed by atoms with E-state index < -0.39 is 0 Å². The molecule has 0 saturated carbocycles. The molecular formula is C13H16N2OS. The van der Waals surface area contributed by atoms with Gasteiger partial charge in [0, 0.05) is 23.9 Å². The van der Waals surface area contributed by atoms with Crippen LogP contribution in [0.25, 0.3) is 11.3 Å². The smallest absolute Gasteiger partial charge is 0.119 e. The lowest BCUT2D eigenvalue weighted by atomic mass is 10.2. The van der Waals surface area contributed by atoms with E-state index in [4.69, 9.17) is 4.74 Å². The molecule has 1 aromatic carbocycles. The first-order valence-corrected chi connectivity index (χ1v) is 6.45. The zero-order valence-electron chi connectivity index (χ0n) is 10.1. The Morgan fingerprint density at radius 1 is 1.41 bits per heavy atom. The maximum Gasteiger partial charge on any atom is 0.119 e. The number of aromatic nitrogens is 1. The molecule has 0 spiro atoms. The molecule has 90 valence electrons. The number of nitrogens with one attached hydrogen (secondary N) is 1. The molecule has 1 heterocycles. The van der Waals surface area contributed by atoms with Crippen molar-refractivity contribution < 1.29 is 4.74 Å². The second-order valence-corrected chi connectivity index (χ2v) is 4.65. The van der Waals surface area contributed by atoms with E-state index in [0.717, 1.165) is 35.0 Å². The number of hydrogen-bond donors (Lipinski definition) is 1. The molecule has 0 fully saturated rings. The van der Waals surface area contributed by atoms with Gasteiger partial charge in [-0.05, 0) is 19.2 Å². The maximum absolute atomic E-state index is 5.21. The van der Waals surface area contributed by atoms with Crippen LogP contribution in [0.4, 0.5) is 0 Å². The fourth-order valence-corrected chi connectivity index (χ4v) is 2.38. The van der Waals surface area contributed by atoms with Crippen LogP contribution in [0.3, 0.4) is 0 Å². The average molecular weight is 248 g/mol. The molecule has 0 amide bonds. The van der Waals surface area contributed by atoms with E-state index in [0.29, 0.717) is 0 Å². The highest BCUT2D eigenvalue weighted by atomic mass is 32.1. The SMILES string of the molecule is CNCCc1nc(-c2cccc(OC)c2)cs1. The number of benzene rings is 1. The van der Waals surface area contributed by atoms with Crippen LogP contribution in [0.5, 0.6) is 5.75 Å². The number of rotatable bonds is 5. The van der Waals surface area contributed by atoms with Gasteiger partial charge in [-0.15, -0.1) is 11.3 Å². The molecule has 3 nitrogen and oxygen atoms in total. The van der Waals surface area contributed by atoms with E-state index >= 15 is 0 Å². The summed E-state index contributed by atoms with van der Waals surface area (Å²) in [6.07, 6.45) is 0.977. The Bertz CT molecular complexity index is 482. The Hall–Kier alpha value is -1.39. The summed E-state index contributed by atoms with van der Waals surface area (Å²) in [7, 11) is 3.63. The van der Waals surface area contributed by atoms with Crippen LogP contribution in [-0.2, 0) is 6.42 Å². The number of methoxy groups -OCH3 is 1. The molecule has 0 bridgehead atoms. The molecule has 0 saturated heterocycles. The summed E-state index contributed by atoms with van der Waals surface area (Å²) in [6.45, 7) is 0.963. The van der Waals surface area contributed by atoms with Gasteiger partial charge >= 0.3 is 0 Å². The van der Waals surface area contributed by atoms with Gasteiger partial charge in [0.1, 0.15) is 5.75 Å². The van der Waals surface area contributed by atoms with Crippen molar-refractivity contribution in [2.45, 2.75) is 6.42 Å². The van der Waals surface area contributed by atoms with E-state index in [-0.39, 0.29) is 0 Å². The highest BCUT2D eigenvalue weighted by Crippen LogP contribution is 2.25. The molecule has 0 aliphatic rings. The molecule has 0 aliphatic carbocycles. The zero-order valence-corrected chi connectivity index (χ0v) is 10.9. The van der Waals surface area contributed by atoms with Gasteiger partial charge in [-0.25, -0.2) is 4.98 Å². The van der Waals surface area contributed by atoms with Crippen molar-refractivity contribution in [2.24, 2.45) is 0 Å². The largest absolute Gasteiger partial charge is 0.497 e. The number of likely N-dealkylation sites (N-methyl/N-ethyl adjacent to an activating group) is 1. The Labute approximate surface area is 105 Å². The summed E-state index contributed by atoms with van der Waals surface area (Å²) < 4.78 is 5.21. The number of ether oxygens (including phenoxy) is 1. The summed E-state index contributed by atoms with van der Waals surface area (Å²) in [5, 5.41) is 6.39. The van der Waals surface area contributed by atoms with Crippen LogP contribution < -0.4 is 10.1 Å². The third-order valence-corrected chi connectivity index (χ3v) is 3.41. The van der Waals surface area contributed by atoms with Crippen molar-refractivity contribution in [2.75, 3.05) is 20.7 Å². The normalized spacial score (nSPS) is 10.5. The van der Waals surface area contributed by atoms with Crippen LogP contribution in [-0.4, -0.2) is 25.7 Å². The van der Waals surface area contributed by atoms with Crippen LogP contribution >= 0.6 is 11.3 Å². The van der Waals surface area contributed by atoms with E-state index in [1.807, 2.05) is 25.2 Å².